The van der Waals surface area contributed by atoms with Crippen LogP contribution in [-0.2, 0) is 0 Å². The summed E-state index contributed by atoms with van der Waals surface area (Å²) in [5.74, 6) is -0.261. The summed E-state index contributed by atoms with van der Waals surface area (Å²) in [5, 5.41) is 1.21. The molecule has 0 saturated heterocycles. The molecular formula is C16H16FNO. The lowest BCUT2D eigenvalue weighted by Crippen LogP contribution is -2.32. The van der Waals surface area contributed by atoms with E-state index in [2.05, 4.69) is 0 Å². The van der Waals surface area contributed by atoms with Gasteiger partial charge in [0.15, 0.2) is 0 Å². The highest BCUT2D eigenvalue weighted by Crippen LogP contribution is 2.30. The van der Waals surface area contributed by atoms with Crippen molar-refractivity contribution < 1.29 is 9.18 Å². The molecule has 0 N–H and O–H groups in total. The molecule has 0 bridgehead atoms. The van der Waals surface area contributed by atoms with Crippen molar-refractivity contribution in [3.05, 3.63) is 47.8 Å². The van der Waals surface area contributed by atoms with Gasteiger partial charge in [-0.25, -0.2) is 4.39 Å². The van der Waals surface area contributed by atoms with Crippen LogP contribution < -0.4 is 0 Å². The number of benzene rings is 2. The number of fused-ring (bicyclic) bond motifs is 1. The molecule has 1 aliphatic carbocycles. The number of carbonyl (C=O) groups excluding carboxylic acids is 1. The highest BCUT2D eigenvalue weighted by Gasteiger charge is 2.32. The summed E-state index contributed by atoms with van der Waals surface area (Å²) in [7, 11) is 0. The van der Waals surface area contributed by atoms with E-state index < -0.39 is 0 Å². The maximum Gasteiger partial charge on any atom is 0.254 e. The van der Waals surface area contributed by atoms with Crippen LogP contribution in [0.4, 0.5) is 4.39 Å². The van der Waals surface area contributed by atoms with Gasteiger partial charge in [-0.1, -0.05) is 24.3 Å². The third-order valence-electron chi connectivity index (χ3n) is 3.69. The predicted octanol–water partition coefficient (Wildman–Crippen LogP) is 3.60. The monoisotopic (exact) mass is 257 g/mol. The highest BCUT2D eigenvalue weighted by molar-refractivity contribution is 6.07. The Morgan fingerprint density at radius 1 is 1.21 bits per heavy atom. The summed E-state index contributed by atoms with van der Waals surface area (Å²) in [5.41, 5.74) is 0.603. The molecule has 0 atom stereocenters. The molecule has 0 aliphatic heterocycles. The topological polar surface area (TPSA) is 20.3 Å². The number of rotatable bonds is 3. The maximum absolute atomic E-state index is 13.8. The number of amides is 1. The molecule has 0 spiro atoms. The van der Waals surface area contributed by atoms with Gasteiger partial charge in [0, 0.05) is 23.5 Å². The Bertz CT molecular complexity index is 634. The summed E-state index contributed by atoms with van der Waals surface area (Å²) in [6, 6.07) is 10.5. The number of hydrogen-bond acceptors (Lipinski definition) is 1. The molecule has 0 heterocycles. The zero-order chi connectivity index (χ0) is 13.4. The maximum atomic E-state index is 13.8. The first-order valence-electron chi connectivity index (χ1n) is 6.70. The zero-order valence-electron chi connectivity index (χ0n) is 10.9. The van der Waals surface area contributed by atoms with Gasteiger partial charge in [-0.15, -0.1) is 0 Å². The van der Waals surface area contributed by atoms with Crippen molar-refractivity contribution in [1.29, 1.82) is 0 Å². The molecule has 0 aromatic heterocycles. The van der Waals surface area contributed by atoms with Crippen LogP contribution in [0.25, 0.3) is 10.8 Å². The first kappa shape index (κ1) is 12.2. The molecular weight excluding hydrogens is 241 g/mol. The van der Waals surface area contributed by atoms with Gasteiger partial charge in [-0.3, -0.25) is 4.79 Å². The number of halogens is 1. The van der Waals surface area contributed by atoms with E-state index in [0.29, 0.717) is 28.9 Å². The fourth-order valence-electron chi connectivity index (χ4n) is 2.56. The SMILES string of the molecule is CCN(C(=O)c1ccc(F)c2ccccc12)C1CC1. The lowest BCUT2D eigenvalue weighted by atomic mass is 10.0. The van der Waals surface area contributed by atoms with Crippen molar-refractivity contribution in [2.45, 2.75) is 25.8 Å². The van der Waals surface area contributed by atoms with E-state index >= 15 is 0 Å². The van der Waals surface area contributed by atoms with Crippen molar-refractivity contribution >= 4 is 16.7 Å². The van der Waals surface area contributed by atoms with Gasteiger partial charge in [-0.2, -0.15) is 0 Å². The van der Waals surface area contributed by atoms with E-state index in [1.165, 1.54) is 6.07 Å². The summed E-state index contributed by atoms with van der Waals surface area (Å²) >= 11 is 0. The Balaban J connectivity index is 2.09. The highest BCUT2D eigenvalue weighted by atomic mass is 19.1. The summed E-state index contributed by atoms with van der Waals surface area (Å²) in [4.78, 5) is 14.5. The second-order valence-corrected chi connectivity index (χ2v) is 4.96. The lowest BCUT2D eigenvalue weighted by Gasteiger charge is -2.21. The van der Waals surface area contributed by atoms with Crippen LogP contribution in [0.1, 0.15) is 30.1 Å². The van der Waals surface area contributed by atoms with E-state index in [0.717, 1.165) is 12.8 Å². The van der Waals surface area contributed by atoms with E-state index in [4.69, 9.17) is 0 Å². The molecule has 2 aromatic rings. The van der Waals surface area contributed by atoms with Crippen LogP contribution in [0.3, 0.4) is 0 Å². The van der Waals surface area contributed by atoms with E-state index in [-0.39, 0.29) is 11.7 Å². The quantitative estimate of drug-likeness (QED) is 0.822. The first-order valence-corrected chi connectivity index (χ1v) is 6.70. The minimum Gasteiger partial charge on any atom is -0.336 e. The van der Waals surface area contributed by atoms with E-state index in [9.17, 15) is 9.18 Å². The third-order valence-corrected chi connectivity index (χ3v) is 3.69. The summed E-state index contributed by atoms with van der Waals surface area (Å²) < 4.78 is 13.8. The minimum atomic E-state index is -0.276. The number of hydrogen-bond donors (Lipinski definition) is 0. The Morgan fingerprint density at radius 2 is 1.89 bits per heavy atom. The van der Waals surface area contributed by atoms with Crippen molar-refractivity contribution in [3.8, 4) is 0 Å². The fourth-order valence-corrected chi connectivity index (χ4v) is 2.56. The second-order valence-electron chi connectivity index (χ2n) is 4.96. The van der Waals surface area contributed by atoms with Crippen molar-refractivity contribution in [3.63, 3.8) is 0 Å². The average Bonchev–Trinajstić information content (AvgIpc) is 3.25. The second kappa shape index (κ2) is 4.65. The molecule has 1 amide bonds. The van der Waals surface area contributed by atoms with Gasteiger partial charge in [0.1, 0.15) is 5.82 Å². The van der Waals surface area contributed by atoms with Gasteiger partial charge in [-0.05, 0) is 37.3 Å². The van der Waals surface area contributed by atoms with Crippen molar-refractivity contribution in [2.75, 3.05) is 6.54 Å². The number of carbonyl (C=O) groups is 1. The van der Waals surface area contributed by atoms with Gasteiger partial charge >= 0.3 is 0 Å². The summed E-state index contributed by atoms with van der Waals surface area (Å²) in [6.07, 6.45) is 2.16. The van der Waals surface area contributed by atoms with Crippen molar-refractivity contribution in [1.82, 2.24) is 4.90 Å². The molecule has 98 valence electrons. The van der Waals surface area contributed by atoms with Gasteiger partial charge in [0.25, 0.3) is 5.91 Å². The van der Waals surface area contributed by atoms with E-state index in [1.54, 1.807) is 18.2 Å². The molecule has 1 saturated carbocycles. The average molecular weight is 257 g/mol. The molecule has 1 fully saturated rings. The molecule has 3 rings (SSSR count). The molecule has 0 unspecified atom stereocenters. The molecule has 2 nitrogen and oxygen atoms in total. The van der Waals surface area contributed by atoms with Gasteiger partial charge in [0.2, 0.25) is 0 Å². The standard InChI is InChI=1S/C16H16FNO/c1-2-18(11-7-8-11)16(19)14-9-10-15(17)13-6-4-3-5-12(13)14/h3-6,9-11H,2,7-8H2,1H3. The van der Waals surface area contributed by atoms with E-state index in [1.807, 2.05) is 24.0 Å². The minimum absolute atomic E-state index is 0.0150. The van der Waals surface area contributed by atoms with Crippen LogP contribution in [0.5, 0.6) is 0 Å². The zero-order valence-corrected chi connectivity index (χ0v) is 10.9. The largest absolute Gasteiger partial charge is 0.336 e. The van der Waals surface area contributed by atoms with Crippen LogP contribution >= 0.6 is 0 Å². The lowest BCUT2D eigenvalue weighted by molar-refractivity contribution is 0.0754. The van der Waals surface area contributed by atoms with Crippen LogP contribution in [-0.4, -0.2) is 23.4 Å². The van der Waals surface area contributed by atoms with Crippen LogP contribution in [0.2, 0.25) is 0 Å². The van der Waals surface area contributed by atoms with Crippen molar-refractivity contribution in [2.24, 2.45) is 0 Å². The Morgan fingerprint density at radius 3 is 2.53 bits per heavy atom. The predicted molar refractivity (Wildman–Crippen MR) is 73.6 cm³/mol. The summed E-state index contributed by atoms with van der Waals surface area (Å²) in [6.45, 7) is 2.69. The molecule has 2 aromatic carbocycles. The molecule has 3 heteroatoms. The Labute approximate surface area is 111 Å². The number of nitrogens with zero attached hydrogens (tertiary/aromatic N) is 1. The normalized spacial score (nSPS) is 14.6. The molecule has 19 heavy (non-hydrogen) atoms. The van der Waals surface area contributed by atoms with Crippen LogP contribution in [0.15, 0.2) is 36.4 Å². The Kier molecular flexibility index (Phi) is 2.97. The molecule has 0 radical (unpaired) electrons. The third kappa shape index (κ3) is 2.09. The molecule has 1 aliphatic rings. The fraction of sp³-hybridized carbons (Fsp3) is 0.312. The Hall–Kier alpha value is -1.90. The van der Waals surface area contributed by atoms with Gasteiger partial charge in [0.05, 0.1) is 0 Å². The van der Waals surface area contributed by atoms with Gasteiger partial charge < -0.3 is 4.90 Å². The smallest absolute Gasteiger partial charge is 0.254 e. The van der Waals surface area contributed by atoms with Crippen LogP contribution in [0, 0.1) is 5.82 Å². The first-order chi connectivity index (χ1) is 9.22.